The molecule has 10 heavy (non-hydrogen) atoms. The SMILES string of the molecule is O=C1N=C2N=CCN2C1=O. The van der Waals surface area contributed by atoms with Crippen molar-refractivity contribution < 1.29 is 9.59 Å². The van der Waals surface area contributed by atoms with Crippen LogP contribution in [0.1, 0.15) is 0 Å². The third-order valence-corrected chi connectivity index (χ3v) is 1.34. The average Bonchev–Trinajstić information content (AvgIpc) is 2.41. The van der Waals surface area contributed by atoms with E-state index in [9.17, 15) is 9.59 Å². The number of rotatable bonds is 0. The van der Waals surface area contributed by atoms with E-state index in [1.807, 2.05) is 0 Å². The number of aliphatic imine (C=N–C) groups is 2. The number of fused-ring (bicyclic) bond motifs is 1. The molecule has 0 spiro atoms. The van der Waals surface area contributed by atoms with E-state index in [0.29, 0.717) is 6.54 Å². The maximum Gasteiger partial charge on any atom is 0.338 e. The van der Waals surface area contributed by atoms with Crippen LogP contribution in [0, 0.1) is 0 Å². The van der Waals surface area contributed by atoms with E-state index in [2.05, 4.69) is 9.98 Å². The Kier molecular flexibility index (Phi) is 0.791. The molecule has 0 aromatic heterocycles. The number of guanidine groups is 1. The van der Waals surface area contributed by atoms with Crippen molar-refractivity contribution >= 4 is 24.0 Å². The lowest BCUT2D eigenvalue weighted by molar-refractivity contribution is -0.139. The molecule has 2 amide bonds. The minimum atomic E-state index is -0.716. The zero-order chi connectivity index (χ0) is 7.14. The predicted molar refractivity (Wildman–Crippen MR) is 32.6 cm³/mol. The van der Waals surface area contributed by atoms with Crippen LogP contribution in [0.4, 0.5) is 0 Å². The van der Waals surface area contributed by atoms with Crippen LogP contribution in [0.3, 0.4) is 0 Å². The van der Waals surface area contributed by atoms with Crippen LogP contribution in [0.15, 0.2) is 9.98 Å². The fraction of sp³-hybridized carbons (Fsp3) is 0.200. The molecule has 0 saturated heterocycles. The Morgan fingerprint density at radius 2 is 2.30 bits per heavy atom. The first-order chi connectivity index (χ1) is 4.79. The van der Waals surface area contributed by atoms with E-state index < -0.39 is 11.8 Å². The molecule has 0 radical (unpaired) electrons. The van der Waals surface area contributed by atoms with Crippen molar-refractivity contribution in [2.75, 3.05) is 6.54 Å². The van der Waals surface area contributed by atoms with Gasteiger partial charge < -0.3 is 0 Å². The number of nitrogens with zero attached hydrogens (tertiary/aromatic N) is 3. The molecule has 2 heterocycles. The minimum Gasteiger partial charge on any atom is -0.267 e. The molecule has 2 aliphatic heterocycles. The molecular weight excluding hydrogens is 134 g/mol. The van der Waals surface area contributed by atoms with Crippen LogP contribution >= 0.6 is 0 Å². The van der Waals surface area contributed by atoms with Crippen LogP contribution in [0.25, 0.3) is 0 Å². The van der Waals surface area contributed by atoms with Crippen LogP contribution < -0.4 is 0 Å². The van der Waals surface area contributed by atoms with Crippen LogP contribution in [0.2, 0.25) is 0 Å². The predicted octanol–water partition coefficient (Wildman–Crippen LogP) is -1.20. The van der Waals surface area contributed by atoms with Gasteiger partial charge in [0.1, 0.15) is 0 Å². The van der Waals surface area contributed by atoms with Crippen LogP contribution in [-0.4, -0.2) is 35.4 Å². The topological polar surface area (TPSA) is 62.1 Å². The number of carbonyl (C=O) groups is 2. The maximum absolute atomic E-state index is 10.8. The first-order valence-corrected chi connectivity index (χ1v) is 2.76. The van der Waals surface area contributed by atoms with Crippen molar-refractivity contribution in [2.24, 2.45) is 9.98 Å². The van der Waals surface area contributed by atoms with Gasteiger partial charge >= 0.3 is 11.8 Å². The molecule has 0 aliphatic carbocycles. The molecule has 0 saturated carbocycles. The molecule has 0 aromatic rings. The summed E-state index contributed by atoms with van der Waals surface area (Å²) in [6.07, 6.45) is 1.54. The molecular formula is C5H3N3O2. The molecule has 5 nitrogen and oxygen atoms in total. The Labute approximate surface area is 56.1 Å². The highest BCUT2D eigenvalue weighted by Crippen LogP contribution is 2.08. The average molecular weight is 137 g/mol. The van der Waals surface area contributed by atoms with Crippen molar-refractivity contribution in [3.8, 4) is 0 Å². The Balaban J connectivity index is 2.45. The standard InChI is InChI=1S/C5H3N3O2/c9-3-4(10)8-2-1-6-5(8)7-3/h1H,2H2. The highest BCUT2D eigenvalue weighted by Gasteiger charge is 2.34. The Morgan fingerprint density at radius 3 is 3.00 bits per heavy atom. The number of hydrogen-bond acceptors (Lipinski definition) is 3. The molecule has 0 N–H and O–H groups in total. The van der Waals surface area contributed by atoms with E-state index >= 15 is 0 Å². The molecule has 5 heteroatoms. The lowest BCUT2D eigenvalue weighted by Crippen LogP contribution is -2.30. The van der Waals surface area contributed by atoms with Gasteiger partial charge in [0.15, 0.2) is 0 Å². The maximum atomic E-state index is 10.8. The van der Waals surface area contributed by atoms with Gasteiger partial charge in [-0.15, -0.1) is 0 Å². The summed E-state index contributed by atoms with van der Waals surface area (Å²) in [6.45, 7) is 0.378. The summed E-state index contributed by atoms with van der Waals surface area (Å²) < 4.78 is 0. The number of amides is 2. The van der Waals surface area contributed by atoms with Gasteiger partial charge in [-0.1, -0.05) is 0 Å². The molecule has 0 aromatic carbocycles. The van der Waals surface area contributed by atoms with E-state index in [1.165, 1.54) is 4.90 Å². The molecule has 0 unspecified atom stereocenters. The third-order valence-electron chi connectivity index (χ3n) is 1.34. The van der Waals surface area contributed by atoms with Crippen LogP contribution in [-0.2, 0) is 9.59 Å². The monoisotopic (exact) mass is 137 g/mol. The smallest absolute Gasteiger partial charge is 0.267 e. The van der Waals surface area contributed by atoms with E-state index in [-0.39, 0.29) is 5.96 Å². The van der Waals surface area contributed by atoms with Crippen molar-refractivity contribution in [1.29, 1.82) is 0 Å². The van der Waals surface area contributed by atoms with Gasteiger partial charge in [0.05, 0.1) is 6.54 Å². The van der Waals surface area contributed by atoms with Crippen molar-refractivity contribution in [3.05, 3.63) is 0 Å². The minimum absolute atomic E-state index is 0.231. The van der Waals surface area contributed by atoms with Crippen molar-refractivity contribution in [1.82, 2.24) is 4.90 Å². The summed E-state index contributed by atoms with van der Waals surface area (Å²) in [5.41, 5.74) is 0. The fourth-order valence-corrected chi connectivity index (χ4v) is 0.873. The Hall–Kier alpha value is -1.52. The number of hydrogen-bond donors (Lipinski definition) is 0. The summed E-state index contributed by atoms with van der Waals surface area (Å²) >= 11 is 0. The van der Waals surface area contributed by atoms with Gasteiger partial charge in [0.25, 0.3) is 0 Å². The first-order valence-electron chi connectivity index (χ1n) is 2.76. The highest BCUT2D eigenvalue weighted by atomic mass is 16.2. The van der Waals surface area contributed by atoms with E-state index in [0.717, 1.165) is 0 Å². The first kappa shape index (κ1) is 5.28. The zero-order valence-electron chi connectivity index (χ0n) is 4.94. The van der Waals surface area contributed by atoms with Gasteiger partial charge in [-0.3, -0.25) is 14.5 Å². The van der Waals surface area contributed by atoms with Crippen molar-refractivity contribution in [3.63, 3.8) is 0 Å². The van der Waals surface area contributed by atoms with E-state index in [1.54, 1.807) is 6.21 Å². The van der Waals surface area contributed by atoms with Gasteiger partial charge in [-0.25, -0.2) is 4.99 Å². The molecule has 0 fully saturated rings. The summed E-state index contributed by atoms with van der Waals surface area (Å²) in [5, 5.41) is 0. The largest absolute Gasteiger partial charge is 0.338 e. The Bertz CT molecular complexity index is 279. The zero-order valence-corrected chi connectivity index (χ0v) is 4.94. The van der Waals surface area contributed by atoms with Gasteiger partial charge in [0, 0.05) is 6.21 Å². The van der Waals surface area contributed by atoms with Gasteiger partial charge in [0.2, 0.25) is 5.96 Å². The molecule has 2 aliphatic rings. The van der Waals surface area contributed by atoms with Gasteiger partial charge in [-0.05, 0) is 0 Å². The lowest BCUT2D eigenvalue weighted by atomic mass is 10.5. The van der Waals surface area contributed by atoms with E-state index in [4.69, 9.17) is 0 Å². The van der Waals surface area contributed by atoms with Gasteiger partial charge in [-0.2, -0.15) is 4.99 Å². The lowest BCUT2D eigenvalue weighted by Gasteiger charge is -2.02. The molecule has 0 bridgehead atoms. The second-order valence-electron chi connectivity index (χ2n) is 1.94. The second-order valence-corrected chi connectivity index (χ2v) is 1.94. The molecule has 0 atom stereocenters. The second kappa shape index (κ2) is 1.50. The fourth-order valence-electron chi connectivity index (χ4n) is 0.873. The summed E-state index contributed by atoms with van der Waals surface area (Å²) in [5.74, 6) is -1.06. The Morgan fingerprint density at radius 1 is 1.50 bits per heavy atom. The highest BCUT2D eigenvalue weighted by molar-refractivity contribution is 6.44. The molecule has 2 rings (SSSR count). The van der Waals surface area contributed by atoms with Crippen molar-refractivity contribution in [2.45, 2.75) is 0 Å². The summed E-state index contributed by atoms with van der Waals surface area (Å²) in [4.78, 5) is 29.6. The third kappa shape index (κ3) is 0.464. The summed E-state index contributed by atoms with van der Waals surface area (Å²) in [7, 11) is 0. The van der Waals surface area contributed by atoms with Crippen LogP contribution in [0.5, 0.6) is 0 Å². The molecule has 50 valence electrons. The normalized spacial score (nSPS) is 22.0. The quantitative estimate of drug-likeness (QED) is 0.393. The number of carbonyl (C=O) groups excluding carboxylic acids is 2. The summed E-state index contributed by atoms with van der Waals surface area (Å²) in [6, 6.07) is 0.